The Morgan fingerprint density at radius 3 is 3.12 bits per heavy atom. The summed E-state index contributed by atoms with van der Waals surface area (Å²) in [6, 6.07) is 0. The zero-order valence-electron chi connectivity index (χ0n) is 8.92. The van der Waals surface area contributed by atoms with Gasteiger partial charge in [0.25, 0.3) is 0 Å². The van der Waals surface area contributed by atoms with Crippen LogP contribution < -0.4 is 5.32 Å². The number of hydrogen-bond donors (Lipinski definition) is 1. The molecule has 0 saturated heterocycles. The number of rotatable bonds is 4. The largest absolute Gasteiger partial charge is 0.353 e. The first-order valence-electron chi connectivity index (χ1n) is 5.23. The molecule has 0 aliphatic heterocycles. The molecule has 84 valence electrons. The zero-order valence-corrected chi connectivity index (χ0v) is 9.74. The van der Waals surface area contributed by atoms with Crippen LogP contribution in [0.15, 0.2) is 6.33 Å². The van der Waals surface area contributed by atoms with Gasteiger partial charge in [-0.25, -0.2) is 4.98 Å². The van der Waals surface area contributed by atoms with E-state index in [4.69, 9.17) is 0 Å². The average Bonchev–Trinajstić information content (AvgIpc) is 2.89. The molecule has 16 heavy (non-hydrogen) atoms. The van der Waals surface area contributed by atoms with Crippen LogP contribution in [0.4, 0.5) is 5.13 Å². The monoisotopic (exact) mass is 236 g/mol. The summed E-state index contributed by atoms with van der Waals surface area (Å²) in [6.07, 6.45) is 4.16. The molecule has 3 rings (SSSR count). The summed E-state index contributed by atoms with van der Waals surface area (Å²) < 4.78 is 6.21. The molecule has 1 fully saturated rings. The maximum Gasteiger partial charge on any atom is 0.202 e. The van der Waals surface area contributed by atoms with E-state index in [1.807, 2.05) is 11.6 Å². The highest BCUT2D eigenvalue weighted by Crippen LogP contribution is 2.39. The third-order valence-corrected chi connectivity index (χ3v) is 3.27. The molecule has 0 radical (unpaired) electrons. The minimum absolute atomic E-state index is 0.613. The first kappa shape index (κ1) is 9.71. The third-order valence-electron chi connectivity index (χ3n) is 2.59. The molecule has 7 heteroatoms. The lowest BCUT2D eigenvalue weighted by Gasteiger charge is -2.00. The standard InChI is InChI=1S/C9H12N6S/c1-15-5-11-13-7(15)4-10-9-12-8(14-16-9)6-2-3-6/h5-6H,2-4H2,1H3,(H,10,12,14). The summed E-state index contributed by atoms with van der Waals surface area (Å²) in [6.45, 7) is 0.635. The zero-order chi connectivity index (χ0) is 11.0. The second kappa shape index (κ2) is 3.82. The first-order valence-corrected chi connectivity index (χ1v) is 6.00. The van der Waals surface area contributed by atoms with Crippen LogP contribution >= 0.6 is 11.5 Å². The molecule has 2 aromatic heterocycles. The topological polar surface area (TPSA) is 68.5 Å². The molecule has 0 amide bonds. The number of hydrogen-bond acceptors (Lipinski definition) is 6. The van der Waals surface area contributed by atoms with Gasteiger partial charge in [-0.15, -0.1) is 10.2 Å². The van der Waals surface area contributed by atoms with Gasteiger partial charge < -0.3 is 9.88 Å². The summed E-state index contributed by atoms with van der Waals surface area (Å²) in [5, 5.41) is 11.9. The van der Waals surface area contributed by atoms with Gasteiger partial charge in [-0.05, 0) is 12.8 Å². The molecule has 0 atom stereocenters. The van der Waals surface area contributed by atoms with Gasteiger partial charge in [0, 0.05) is 24.5 Å². The highest BCUT2D eigenvalue weighted by atomic mass is 32.1. The Morgan fingerprint density at radius 1 is 1.56 bits per heavy atom. The number of nitrogens with zero attached hydrogens (tertiary/aromatic N) is 5. The van der Waals surface area contributed by atoms with Gasteiger partial charge >= 0.3 is 0 Å². The second-order valence-corrected chi connectivity index (χ2v) is 4.70. The Balaban J connectivity index is 1.63. The van der Waals surface area contributed by atoms with Crippen molar-refractivity contribution in [2.24, 2.45) is 7.05 Å². The smallest absolute Gasteiger partial charge is 0.202 e. The fourth-order valence-electron chi connectivity index (χ4n) is 1.44. The molecular formula is C9H12N6S. The highest BCUT2D eigenvalue weighted by Gasteiger charge is 2.27. The lowest BCUT2D eigenvalue weighted by Crippen LogP contribution is -2.05. The van der Waals surface area contributed by atoms with Crippen molar-refractivity contribution in [1.29, 1.82) is 0 Å². The Labute approximate surface area is 96.9 Å². The van der Waals surface area contributed by atoms with Gasteiger partial charge in [0.15, 0.2) is 5.82 Å². The van der Waals surface area contributed by atoms with Gasteiger partial charge in [-0.3, -0.25) is 0 Å². The van der Waals surface area contributed by atoms with E-state index in [0.717, 1.165) is 16.8 Å². The lowest BCUT2D eigenvalue weighted by molar-refractivity contribution is 0.811. The predicted molar refractivity (Wildman–Crippen MR) is 60.2 cm³/mol. The summed E-state index contributed by atoms with van der Waals surface area (Å²) in [5.41, 5.74) is 0. The Kier molecular flexibility index (Phi) is 2.32. The van der Waals surface area contributed by atoms with Gasteiger partial charge in [0.2, 0.25) is 5.13 Å². The van der Waals surface area contributed by atoms with Crippen LogP contribution in [0.1, 0.15) is 30.4 Å². The molecule has 0 unspecified atom stereocenters. The molecule has 6 nitrogen and oxygen atoms in total. The van der Waals surface area contributed by atoms with Crippen LogP contribution in [0.2, 0.25) is 0 Å². The van der Waals surface area contributed by atoms with Crippen molar-refractivity contribution < 1.29 is 0 Å². The van der Waals surface area contributed by atoms with Crippen LogP contribution in [0.25, 0.3) is 0 Å². The summed E-state index contributed by atoms with van der Waals surface area (Å²) in [7, 11) is 1.92. The number of aryl methyl sites for hydroxylation is 1. The molecule has 1 saturated carbocycles. The minimum Gasteiger partial charge on any atom is -0.353 e. The van der Waals surface area contributed by atoms with Crippen LogP contribution in [0, 0.1) is 0 Å². The van der Waals surface area contributed by atoms with Crippen molar-refractivity contribution in [2.75, 3.05) is 5.32 Å². The van der Waals surface area contributed by atoms with E-state index in [1.54, 1.807) is 6.33 Å². The Hall–Kier alpha value is -1.50. The van der Waals surface area contributed by atoms with Gasteiger partial charge in [-0.2, -0.15) is 4.37 Å². The molecule has 0 aromatic carbocycles. The van der Waals surface area contributed by atoms with Crippen LogP contribution in [-0.4, -0.2) is 24.1 Å². The molecule has 1 aliphatic carbocycles. The van der Waals surface area contributed by atoms with Crippen molar-refractivity contribution in [3.63, 3.8) is 0 Å². The molecule has 2 heterocycles. The number of anilines is 1. The maximum absolute atomic E-state index is 4.44. The summed E-state index contributed by atoms with van der Waals surface area (Å²) in [5.74, 6) is 2.50. The lowest BCUT2D eigenvalue weighted by atomic mass is 10.4. The van der Waals surface area contributed by atoms with Crippen molar-refractivity contribution in [2.45, 2.75) is 25.3 Å². The van der Waals surface area contributed by atoms with Crippen molar-refractivity contribution in [3.05, 3.63) is 18.0 Å². The van der Waals surface area contributed by atoms with E-state index in [2.05, 4.69) is 24.9 Å². The number of nitrogens with one attached hydrogen (secondary N) is 1. The fraction of sp³-hybridized carbons (Fsp3) is 0.556. The molecule has 2 aromatic rings. The summed E-state index contributed by atoms with van der Waals surface area (Å²) >= 11 is 1.42. The van der Waals surface area contributed by atoms with E-state index < -0.39 is 0 Å². The van der Waals surface area contributed by atoms with Crippen molar-refractivity contribution >= 4 is 16.7 Å². The molecule has 0 bridgehead atoms. The SMILES string of the molecule is Cn1cnnc1CNc1nc(C2CC2)ns1. The molecule has 1 aliphatic rings. The van der Waals surface area contributed by atoms with Crippen molar-refractivity contribution in [1.82, 2.24) is 24.1 Å². The van der Waals surface area contributed by atoms with E-state index in [1.165, 1.54) is 24.4 Å². The quantitative estimate of drug-likeness (QED) is 0.862. The first-order chi connectivity index (χ1) is 7.83. The summed E-state index contributed by atoms with van der Waals surface area (Å²) in [4.78, 5) is 4.44. The van der Waals surface area contributed by atoms with E-state index in [-0.39, 0.29) is 0 Å². The normalized spacial score (nSPS) is 15.3. The second-order valence-electron chi connectivity index (χ2n) is 3.94. The Bertz CT molecular complexity index is 486. The number of aromatic nitrogens is 5. The fourth-order valence-corrected chi connectivity index (χ4v) is 2.08. The predicted octanol–water partition coefficient (Wildman–Crippen LogP) is 1.16. The molecule has 1 N–H and O–H groups in total. The van der Waals surface area contributed by atoms with Crippen LogP contribution in [-0.2, 0) is 13.6 Å². The molecular weight excluding hydrogens is 224 g/mol. The van der Waals surface area contributed by atoms with Crippen LogP contribution in [0.3, 0.4) is 0 Å². The van der Waals surface area contributed by atoms with E-state index in [0.29, 0.717) is 12.5 Å². The maximum atomic E-state index is 4.44. The van der Waals surface area contributed by atoms with E-state index in [9.17, 15) is 0 Å². The minimum atomic E-state index is 0.613. The third kappa shape index (κ3) is 1.90. The van der Waals surface area contributed by atoms with Gasteiger partial charge in [0.05, 0.1) is 6.54 Å². The van der Waals surface area contributed by atoms with Gasteiger partial charge in [-0.1, -0.05) is 0 Å². The highest BCUT2D eigenvalue weighted by molar-refractivity contribution is 7.09. The Morgan fingerprint density at radius 2 is 2.44 bits per heavy atom. The molecule has 0 spiro atoms. The van der Waals surface area contributed by atoms with Gasteiger partial charge in [0.1, 0.15) is 12.2 Å². The van der Waals surface area contributed by atoms with Crippen LogP contribution in [0.5, 0.6) is 0 Å². The van der Waals surface area contributed by atoms with Crippen molar-refractivity contribution in [3.8, 4) is 0 Å². The average molecular weight is 236 g/mol. The van der Waals surface area contributed by atoms with E-state index >= 15 is 0 Å².